The number of halogens is 1. The van der Waals surface area contributed by atoms with Crippen LogP contribution >= 0.6 is 15.9 Å². The van der Waals surface area contributed by atoms with Crippen molar-refractivity contribution in [2.75, 3.05) is 0 Å². The van der Waals surface area contributed by atoms with E-state index in [0.717, 1.165) is 27.1 Å². The van der Waals surface area contributed by atoms with Crippen LogP contribution in [0, 0.1) is 0 Å². The first kappa shape index (κ1) is 12.2. The van der Waals surface area contributed by atoms with E-state index >= 15 is 0 Å². The van der Waals surface area contributed by atoms with Gasteiger partial charge in [0.05, 0.1) is 11.0 Å². The molecule has 0 aliphatic heterocycles. The van der Waals surface area contributed by atoms with Gasteiger partial charge in [-0.2, -0.15) is 0 Å². The van der Waals surface area contributed by atoms with E-state index in [9.17, 15) is 0 Å². The van der Waals surface area contributed by atoms with E-state index in [1.807, 2.05) is 49.5 Å². The molecule has 0 saturated carbocycles. The molecule has 0 N–H and O–H groups in total. The average Bonchev–Trinajstić information content (AvgIpc) is 2.74. The molecule has 4 heteroatoms. The summed E-state index contributed by atoms with van der Waals surface area (Å²) in [5.74, 6) is 1.77. The molecule has 0 amide bonds. The quantitative estimate of drug-likeness (QED) is 0.732. The SMILES string of the molecule is Cn1c(COc2ccccc2)nc2cc(Br)ccc21. The number of para-hydroxylation sites is 1. The molecule has 3 aromatic rings. The normalized spacial score (nSPS) is 10.8. The van der Waals surface area contributed by atoms with Crippen LogP contribution in [0.4, 0.5) is 0 Å². The Bertz CT molecular complexity index is 707. The maximum absolute atomic E-state index is 5.74. The van der Waals surface area contributed by atoms with Crippen LogP contribution in [0.15, 0.2) is 53.0 Å². The maximum Gasteiger partial charge on any atom is 0.147 e. The van der Waals surface area contributed by atoms with Gasteiger partial charge in [0.1, 0.15) is 18.2 Å². The lowest BCUT2D eigenvalue weighted by Crippen LogP contribution is -2.03. The minimum atomic E-state index is 0.465. The van der Waals surface area contributed by atoms with Gasteiger partial charge in [-0.05, 0) is 30.3 Å². The number of aromatic nitrogens is 2. The summed E-state index contributed by atoms with van der Waals surface area (Å²) in [4.78, 5) is 4.60. The molecular weight excluding hydrogens is 304 g/mol. The van der Waals surface area contributed by atoms with Gasteiger partial charge < -0.3 is 9.30 Å². The van der Waals surface area contributed by atoms with Crippen LogP contribution < -0.4 is 4.74 Å². The largest absolute Gasteiger partial charge is 0.486 e. The molecule has 96 valence electrons. The van der Waals surface area contributed by atoms with Crippen LogP contribution in [0.3, 0.4) is 0 Å². The van der Waals surface area contributed by atoms with E-state index in [0.29, 0.717) is 6.61 Å². The van der Waals surface area contributed by atoms with E-state index in [1.165, 1.54) is 0 Å². The first-order valence-corrected chi connectivity index (χ1v) is 6.82. The van der Waals surface area contributed by atoms with Crippen LogP contribution in [0.1, 0.15) is 5.82 Å². The molecule has 19 heavy (non-hydrogen) atoms. The third kappa shape index (κ3) is 2.49. The lowest BCUT2D eigenvalue weighted by atomic mass is 10.3. The average molecular weight is 317 g/mol. The Hall–Kier alpha value is -1.81. The molecule has 1 heterocycles. The summed E-state index contributed by atoms with van der Waals surface area (Å²) in [5.41, 5.74) is 2.08. The van der Waals surface area contributed by atoms with E-state index in [-0.39, 0.29) is 0 Å². The second kappa shape index (κ2) is 5.05. The summed E-state index contributed by atoms with van der Waals surface area (Å²) >= 11 is 3.46. The summed E-state index contributed by atoms with van der Waals surface area (Å²) in [7, 11) is 2.01. The molecule has 0 atom stereocenters. The molecule has 0 bridgehead atoms. The van der Waals surface area contributed by atoms with Crippen molar-refractivity contribution in [2.45, 2.75) is 6.61 Å². The second-order valence-corrected chi connectivity index (χ2v) is 5.24. The van der Waals surface area contributed by atoms with Crippen molar-refractivity contribution in [3.8, 4) is 5.75 Å². The third-order valence-corrected chi connectivity index (χ3v) is 3.54. The van der Waals surface area contributed by atoms with Crippen LogP contribution in [0.2, 0.25) is 0 Å². The van der Waals surface area contributed by atoms with E-state index in [4.69, 9.17) is 4.74 Å². The number of hydrogen-bond acceptors (Lipinski definition) is 2. The number of aryl methyl sites for hydroxylation is 1. The molecule has 0 fully saturated rings. The second-order valence-electron chi connectivity index (χ2n) is 4.32. The minimum Gasteiger partial charge on any atom is -0.486 e. The van der Waals surface area contributed by atoms with Crippen molar-refractivity contribution >= 4 is 27.0 Å². The van der Waals surface area contributed by atoms with Crippen molar-refractivity contribution in [1.29, 1.82) is 0 Å². The number of benzene rings is 2. The number of fused-ring (bicyclic) bond motifs is 1. The summed E-state index contributed by atoms with van der Waals surface area (Å²) in [6.45, 7) is 0.465. The van der Waals surface area contributed by atoms with Crippen LogP contribution in [0.25, 0.3) is 11.0 Å². The summed E-state index contributed by atoms with van der Waals surface area (Å²) in [6, 6.07) is 15.9. The van der Waals surface area contributed by atoms with Gasteiger partial charge in [0.15, 0.2) is 0 Å². The zero-order valence-corrected chi connectivity index (χ0v) is 12.1. The molecule has 0 spiro atoms. The van der Waals surface area contributed by atoms with E-state index in [1.54, 1.807) is 0 Å². The number of imidazole rings is 1. The van der Waals surface area contributed by atoms with Crippen molar-refractivity contribution in [3.05, 3.63) is 58.8 Å². The molecule has 1 aromatic heterocycles. The number of ether oxygens (including phenoxy) is 1. The van der Waals surface area contributed by atoms with Crippen molar-refractivity contribution in [1.82, 2.24) is 9.55 Å². The van der Waals surface area contributed by atoms with Crippen molar-refractivity contribution < 1.29 is 4.74 Å². The molecular formula is C15H13BrN2O. The standard InChI is InChI=1S/C15H13BrN2O/c1-18-14-8-7-11(16)9-13(14)17-15(18)10-19-12-5-3-2-4-6-12/h2-9H,10H2,1H3. The van der Waals surface area contributed by atoms with Gasteiger partial charge >= 0.3 is 0 Å². The minimum absolute atomic E-state index is 0.465. The van der Waals surface area contributed by atoms with E-state index in [2.05, 4.69) is 31.5 Å². The molecule has 3 rings (SSSR count). The maximum atomic E-state index is 5.74. The molecule has 0 unspecified atom stereocenters. The first-order valence-electron chi connectivity index (χ1n) is 6.03. The highest BCUT2D eigenvalue weighted by Gasteiger charge is 2.08. The number of hydrogen-bond donors (Lipinski definition) is 0. The molecule has 3 nitrogen and oxygen atoms in total. The smallest absolute Gasteiger partial charge is 0.147 e. The Labute approximate surface area is 120 Å². The van der Waals surface area contributed by atoms with Crippen molar-refractivity contribution in [3.63, 3.8) is 0 Å². The van der Waals surface area contributed by atoms with Gasteiger partial charge in [0.2, 0.25) is 0 Å². The van der Waals surface area contributed by atoms with Crippen LogP contribution in [0.5, 0.6) is 5.75 Å². The highest BCUT2D eigenvalue weighted by molar-refractivity contribution is 9.10. The van der Waals surface area contributed by atoms with Crippen LogP contribution in [-0.4, -0.2) is 9.55 Å². The van der Waals surface area contributed by atoms with Gasteiger partial charge in [-0.1, -0.05) is 34.1 Å². The van der Waals surface area contributed by atoms with Gasteiger partial charge in [-0.15, -0.1) is 0 Å². The monoisotopic (exact) mass is 316 g/mol. The lowest BCUT2D eigenvalue weighted by molar-refractivity contribution is 0.292. The Balaban J connectivity index is 1.87. The molecule has 0 aliphatic rings. The summed E-state index contributed by atoms with van der Waals surface area (Å²) in [5, 5.41) is 0. The third-order valence-electron chi connectivity index (χ3n) is 3.05. The Morgan fingerprint density at radius 3 is 2.74 bits per heavy atom. The van der Waals surface area contributed by atoms with Gasteiger partial charge in [-0.25, -0.2) is 4.98 Å². The molecule has 0 radical (unpaired) electrons. The summed E-state index contributed by atoms with van der Waals surface area (Å²) in [6.07, 6.45) is 0. The Morgan fingerprint density at radius 2 is 1.95 bits per heavy atom. The Kier molecular flexibility index (Phi) is 3.25. The topological polar surface area (TPSA) is 27.1 Å². The van der Waals surface area contributed by atoms with Gasteiger partial charge in [0.25, 0.3) is 0 Å². The van der Waals surface area contributed by atoms with E-state index < -0.39 is 0 Å². The molecule has 0 saturated heterocycles. The fraction of sp³-hybridized carbons (Fsp3) is 0.133. The van der Waals surface area contributed by atoms with Gasteiger partial charge in [0, 0.05) is 11.5 Å². The highest BCUT2D eigenvalue weighted by Crippen LogP contribution is 2.20. The van der Waals surface area contributed by atoms with Gasteiger partial charge in [-0.3, -0.25) is 0 Å². The number of nitrogens with zero attached hydrogens (tertiary/aromatic N) is 2. The predicted molar refractivity (Wildman–Crippen MR) is 79.2 cm³/mol. The first-order chi connectivity index (χ1) is 9.24. The van der Waals surface area contributed by atoms with Crippen molar-refractivity contribution in [2.24, 2.45) is 7.05 Å². The zero-order chi connectivity index (χ0) is 13.2. The number of rotatable bonds is 3. The fourth-order valence-electron chi connectivity index (χ4n) is 2.02. The summed E-state index contributed by atoms with van der Waals surface area (Å²) < 4.78 is 8.83. The molecule has 2 aromatic carbocycles. The predicted octanol–water partition coefficient (Wildman–Crippen LogP) is 3.91. The fourth-order valence-corrected chi connectivity index (χ4v) is 2.37. The lowest BCUT2D eigenvalue weighted by Gasteiger charge is -2.05. The highest BCUT2D eigenvalue weighted by atomic mass is 79.9. The van der Waals surface area contributed by atoms with Crippen LogP contribution in [-0.2, 0) is 13.7 Å². The Morgan fingerprint density at radius 1 is 1.16 bits per heavy atom. The zero-order valence-electron chi connectivity index (χ0n) is 10.5. The molecule has 0 aliphatic carbocycles.